The first-order valence-electron chi connectivity index (χ1n) is 3.44. The summed E-state index contributed by atoms with van der Waals surface area (Å²) in [5.74, 6) is 0. The molecule has 0 amide bonds. The van der Waals surface area contributed by atoms with Crippen LogP contribution in [0.5, 0.6) is 0 Å². The molecule has 1 unspecified atom stereocenters. The zero-order valence-electron chi connectivity index (χ0n) is 5.06. The molecule has 2 aliphatic rings. The number of likely N-dealkylation sites (tertiary alicyclic amines) is 1. The van der Waals surface area contributed by atoms with Gasteiger partial charge in [0.05, 0.1) is 6.17 Å². The van der Waals surface area contributed by atoms with Crippen molar-refractivity contribution in [2.75, 3.05) is 19.6 Å². The highest BCUT2D eigenvalue weighted by Crippen LogP contribution is 2.15. The summed E-state index contributed by atoms with van der Waals surface area (Å²) in [5, 5.41) is 3.37. The molecule has 1 atom stereocenters. The highest BCUT2D eigenvalue weighted by molar-refractivity contribution is 4.82. The van der Waals surface area contributed by atoms with E-state index in [2.05, 4.69) is 10.2 Å². The van der Waals surface area contributed by atoms with Crippen LogP contribution in [0.3, 0.4) is 0 Å². The van der Waals surface area contributed by atoms with E-state index in [0.717, 1.165) is 6.17 Å². The monoisotopic (exact) mass is 112 g/mol. The normalized spacial score (nSPS) is 38.2. The van der Waals surface area contributed by atoms with Crippen LogP contribution in [-0.4, -0.2) is 30.7 Å². The smallest absolute Gasteiger partial charge is 0.0609 e. The minimum absolute atomic E-state index is 0.767. The molecule has 2 heteroatoms. The Morgan fingerprint density at radius 1 is 1.38 bits per heavy atom. The van der Waals surface area contributed by atoms with Gasteiger partial charge >= 0.3 is 0 Å². The van der Waals surface area contributed by atoms with Crippen molar-refractivity contribution >= 4 is 0 Å². The molecule has 0 saturated carbocycles. The van der Waals surface area contributed by atoms with E-state index < -0.39 is 0 Å². The predicted molar refractivity (Wildman–Crippen MR) is 32.6 cm³/mol. The van der Waals surface area contributed by atoms with Gasteiger partial charge in [0.1, 0.15) is 0 Å². The summed E-state index contributed by atoms with van der Waals surface area (Å²) in [6.07, 6.45) is 3.56. The van der Waals surface area contributed by atoms with E-state index >= 15 is 0 Å². The zero-order chi connectivity index (χ0) is 5.40. The topological polar surface area (TPSA) is 15.3 Å². The molecule has 2 saturated heterocycles. The fraction of sp³-hybridized carbons (Fsp3) is 1.00. The van der Waals surface area contributed by atoms with Gasteiger partial charge in [0.15, 0.2) is 0 Å². The van der Waals surface area contributed by atoms with Crippen LogP contribution >= 0.6 is 0 Å². The van der Waals surface area contributed by atoms with E-state index in [0.29, 0.717) is 0 Å². The average Bonchev–Trinajstić information content (AvgIpc) is 1.47. The predicted octanol–water partition coefficient (Wildman–Crippen LogP) is 0.0115. The van der Waals surface area contributed by atoms with Gasteiger partial charge in [-0.1, -0.05) is 0 Å². The van der Waals surface area contributed by atoms with Crippen molar-refractivity contribution in [3.8, 4) is 0 Å². The van der Waals surface area contributed by atoms with Gasteiger partial charge in [-0.25, -0.2) is 0 Å². The van der Waals surface area contributed by atoms with E-state index in [1.54, 1.807) is 0 Å². The molecule has 8 heavy (non-hydrogen) atoms. The number of hydrogen-bond donors (Lipinski definition) is 1. The third-order valence-electron chi connectivity index (χ3n) is 2.13. The van der Waals surface area contributed by atoms with E-state index in [9.17, 15) is 0 Å². The summed E-state index contributed by atoms with van der Waals surface area (Å²) in [4.78, 5) is 2.50. The molecule has 0 spiro atoms. The minimum atomic E-state index is 0.767. The van der Waals surface area contributed by atoms with Crippen LogP contribution in [0.15, 0.2) is 0 Å². The van der Waals surface area contributed by atoms with Gasteiger partial charge in [0.25, 0.3) is 0 Å². The number of hydrogen-bond acceptors (Lipinski definition) is 2. The van der Waals surface area contributed by atoms with E-state index in [1.807, 2.05) is 0 Å². The van der Waals surface area contributed by atoms with Crippen molar-refractivity contribution in [3.63, 3.8) is 0 Å². The van der Waals surface area contributed by atoms with Crippen LogP contribution in [0.2, 0.25) is 0 Å². The lowest BCUT2D eigenvalue weighted by Crippen LogP contribution is -2.59. The molecular weight excluding hydrogens is 100 g/mol. The molecule has 2 nitrogen and oxygen atoms in total. The Morgan fingerprint density at radius 3 is 2.25 bits per heavy atom. The summed E-state index contributed by atoms with van der Waals surface area (Å²) in [7, 11) is 0. The Bertz CT molecular complexity index is 72.5. The first-order valence-corrected chi connectivity index (χ1v) is 3.44. The van der Waals surface area contributed by atoms with E-state index in [1.165, 1.54) is 32.5 Å². The summed E-state index contributed by atoms with van der Waals surface area (Å²) in [6.45, 7) is 3.90. The maximum absolute atomic E-state index is 3.37. The first kappa shape index (κ1) is 4.77. The Morgan fingerprint density at radius 2 is 2.12 bits per heavy atom. The fourth-order valence-electron chi connectivity index (χ4n) is 1.24. The summed E-state index contributed by atoms with van der Waals surface area (Å²) in [5.41, 5.74) is 0. The maximum atomic E-state index is 3.37. The van der Waals surface area contributed by atoms with Crippen molar-refractivity contribution in [2.24, 2.45) is 0 Å². The van der Waals surface area contributed by atoms with Crippen LogP contribution in [0.25, 0.3) is 0 Å². The van der Waals surface area contributed by atoms with Crippen LogP contribution in [0, 0.1) is 0 Å². The van der Waals surface area contributed by atoms with Gasteiger partial charge in [-0.05, 0) is 19.4 Å². The second-order valence-corrected chi connectivity index (χ2v) is 2.65. The molecule has 0 radical (unpaired) electrons. The summed E-state index contributed by atoms with van der Waals surface area (Å²) < 4.78 is 0. The van der Waals surface area contributed by atoms with Crippen molar-refractivity contribution in [1.82, 2.24) is 10.2 Å². The molecule has 2 aliphatic heterocycles. The van der Waals surface area contributed by atoms with E-state index in [-0.39, 0.29) is 0 Å². The van der Waals surface area contributed by atoms with E-state index in [4.69, 9.17) is 0 Å². The summed E-state index contributed by atoms with van der Waals surface area (Å²) >= 11 is 0. The molecule has 1 N–H and O–H groups in total. The van der Waals surface area contributed by atoms with Gasteiger partial charge in [0.2, 0.25) is 0 Å². The highest BCUT2D eigenvalue weighted by atomic mass is 15.3. The second-order valence-electron chi connectivity index (χ2n) is 2.65. The maximum Gasteiger partial charge on any atom is 0.0609 e. The van der Waals surface area contributed by atoms with Crippen LogP contribution in [-0.2, 0) is 0 Å². The number of rotatable bonds is 1. The lowest BCUT2D eigenvalue weighted by Gasteiger charge is -2.43. The average molecular weight is 112 g/mol. The van der Waals surface area contributed by atoms with Gasteiger partial charge < -0.3 is 5.32 Å². The van der Waals surface area contributed by atoms with Gasteiger partial charge in [-0.3, -0.25) is 4.90 Å². The molecule has 46 valence electrons. The third-order valence-corrected chi connectivity index (χ3v) is 2.13. The van der Waals surface area contributed by atoms with Crippen molar-refractivity contribution in [3.05, 3.63) is 0 Å². The number of nitrogens with one attached hydrogen (secondary N) is 1. The first-order chi connectivity index (χ1) is 3.97. The molecule has 0 aromatic heterocycles. The molecule has 2 rings (SSSR count). The quantitative estimate of drug-likeness (QED) is 0.514. The molecule has 2 heterocycles. The largest absolute Gasteiger partial charge is 0.302 e. The van der Waals surface area contributed by atoms with Gasteiger partial charge in [-0.2, -0.15) is 0 Å². The van der Waals surface area contributed by atoms with Gasteiger partial charge in [-0.15, -0.1) is 0 Å². The third kappa shape index (κ3) is 0.565. The minimum Gasteiger partial charge on any atom is -0.302 e. The lowest BCUT2D eigenvalue weighted by molar-refractivity contribution is 0.0528. The molecule has 2 fully saturated rings. The summed E-state index contributed by atoms with van der Waals surface area (Å²) in [6, 6.07) is 0. The molecule has 0 aromatic carbocycles. The lowest BCUT2D eigenvalue weighted by atomic mass is 10.1. The molecule has 0 aliphatic carbocycles. The standard InChI is InChI=1S/C6H12N2/c1-4-8(5-1)6-2-3-7-6/h6-7H,1-5H2. The number of nitrogens with zero attached hydrogens (tertiary/aromatic N) is 1. The Hall–Kier alpha value is -0.0800. The second kappa shape index (κ2) is 1.71. The van der Waals surface area contributed by atoms with Crippen molar-refractivity contribution < 1.29 is 0 Å². The fourth-order valence-corrected chi connectivity index (χ4v) is 1.24. The Kier molecular flexibility index (Phi) is 1.02. The molecule has 0 aromatic rings. The molecular formula is C6H12N2. The van der Waals surface area contributed by atoms with Crippen LogP contribution in [0.4, 0.5) is 0 Å². The molecule has 0 bridgehead atoms. The van der Waals surface area contributed by atoms with Crippen LogP contribution < -0.4 is 5.32 Å². The van der Waals surface area contributed by atoms with Crippen molar-refractivity contribution in [1.29, 1.82) is 0 Å². The van der Waals surface area contributed by atoms with Gasteiger partial charge in [0, 0.05) is 13.1 Å². The van der Waals surface area contributed by atoms with Crippen molar-refractivity contribution in [2.45, 2.75) is 19.0 Å². The van der Waals surface area contributed by atoms with Crippen LogP contribution in [0.1, 0.15) is 12.8 Å². The Balaban J connectivity index is 1.79. The highest BCUT2D eigenvalue weighted by Gasteiger charge is 2.27. The Labute approximate surface area is 49.9 Å². The zero-order valence-corrected chi connectivity index (χ0v) is 5.06. The SMILES string of the molecule is C1CN(C2CCN2)C1.